The van der Waals surface area contributed by atoms with Crippen molar-refractivity contribution >= 4 is 10.0 Å². The number of nitrogens with two attached hydrogens (primary N) is 1. The first-order valence-corrected chi connectivity index (χ1v) is 15.6. The average molecular weight is 606 g/mol. The number of primary sulfonamides is 1. The lowest BCUT2D eigenvalue weighted by molar-refractivity contribution is -0.152. The monoisotopic (exact) mass is 605 g/mol. The Labute approximate surface area is 251 Å². The summed E-state index contributed by atoms with van der Waals surface area (Å²) in [4.78, 5) is 16.6. The Morgan fingerprint density at radius 1 is 1.00 bits per heavy atom. The molecule has 1 aliphatic rings. The van der Waals surface area contributed by atoms with Crippen LogP contribution in [0, 0.1) is 4.91 Å². The Bertz CT molecular complexity index is 1650. The lowest BCUT2D eigenvalue weighted by atomic mass is 9.81. The molecule has 3 atom stereocenters. The van der Waals surface area contributed by atoms with E-state index in [1.165, 1.54) is 12.1 Å². The molecule has 0 spiro atoms. The van der Waals surface area contributed by atoms with E-state index in [4.69, 9.17) is 23.8 Å². The number of benzene rings is 3. The van der Waals surface area contributed by atoms with Gasteiger partial charge in [0, 0.05) is 31.1 Å². The van der Waals surface area contributed by atoms with Gasteiger partial charge in [-0.05, 0) is 49.2 Å². The molecule has 1 fully saturated rings. The standard InChI is InChI=1S/C32H35N3O7S/c1-21-17-32(39-3,18-22(2)41-21)26-11-7-8-23(16-26)19-40-20-28(35-36)31-34-29(24-9-5-4-6-10-24)30(42-31)25-12-14-27(15-13-25)43(33,37)38/h4-16,21-22,28H,17-20H2,1-3H3,(H2,33,37,38). The van der Waals surface area contributed by atoms with Gasteiger partial charge in [-0.1, -0.05) is 59.8 Å². The molecule has 0 radical (unpaired) electrons. The van der Waals surface area contributed by atoms with Crippen LogP contribution in [-0.2, 0) is 36.4 Å². The van der Waals surface area contributed by atoms with Gasteiger partial charge in [-0.25, -0.2) is 18.5 Å². The van der Waals surface area contributed by atoms with Gasteiger partial charge in [0.25, 0.3) is 0 Å². The van der Waals surface area contributed by atoms with Crippen molar-refractivity contribution in [1.82, 2.24) is 4.98 Å². The van der Waals surface area contributed by atoms with Gasteiger partial charge in [0.05, 0.1) is 35.9 Å². The van der Waals surface area contributed by atoms with E-state index in [1.54, 1.807) is 19.2 Å². The number of ether oxygens (including phenoxy) is 3. The summed E-state index contributed by atoms with van der Waals surface area (Å²) in [5.41, 5.74) is 3.35. The SMILES string of the molecule is COC1(c2cccc(COCC(N=O)c3nc(-c4ccccc4)c(-c4ccc(S(N)(=O)=O)cc4)o3)c2)CC(C)OC(C)C1. The van der Waals surface area contributed by atoms with E-state index in [0.717, 1.165) is 29.5 Å². The van der Waals surface area contributed by atoms with Crippen molar-refractivity contribution in [3.05, 3.63) is 101 Å². The molecule has 3 aromatic carbocycles. The van der Waals surface area contributed by atoms with E-state index in [-0.39, 0.29) is 36.2 Å². The van der Waals surface area contributed by atoms with Crippen LogP contribution in [0.5, 0.6) is 0 Å². The smallest absolute Gasteiger partial charge is 0.238 e. The predicted molar refractivity (Wildman–Crippen MR) is 161 cm³/mol. The summed E-state index contributed by atoms with van der Waals surface area (Å²) < 4.78 is 47.5. The number of hydrogen-bond donors (Lipinski definition) is 1. The fourth-order valence-corrected chi connectivity index (χ4v) is 6.18. The zero-order chi connectivity index (χ0) is 30.6. The molecule has 1 aromatic heterocycles. The third-order valence-electron chi connectivity index (χ3n) is 7.64. The summed E-state index contributed by atoms with van der Waals surface area (Å²) in [5.74, 6) is 0.463. The maximum absolute atomic E-state index is 12.0. The first-order valence-electron chi connectivity index (χ1n) is 14.0. The van der Waals surface area contributed by atoms with Crippen molar-refractivity contribution in [1.29, 1.82) is 0 Å². The highest BCUT2D eigenvalue weighted by Crippen LogP contribution is 2.41. The Balaban J connectivity index is 1.35. The fourth-order valence-electron chi connectivity index (χ4n) is 5.67. The van der Waals surface area contributed by atoms with E-state index in [9.17, 15) is 13.3 Å². The van der Waals surface area contributed by atoms with Gasteiger partial charge < -0.3 is 18.6 Å². The zero-order valence-corrected chi connectivity index (χ0v) is 25.1. The summed E-state index contributed by atoms with van der Waals surface area (Å²) >= 11 is 0. The van der Waals surface area contributed by atoms with E-state index in [2.05, 4.69) is 36.1 Å². The zero-order valence-electron chi connectivity index (χ0n) is 24.3. The number of oxazole rings is 1. The summed E-state index contributed by atoms with van der Waals surface area (Å²) in [6, 6.07) is 22.3. The van der Waals surface area contributed by atoms with Crippen LogP contribution >= 0.6 is 0 Å². The Morgan fingerprint density at radius 3 is 2.33 bits per heavy atom. The second kappa shape index (κ2) is 12.9. The summed E-state index contributed by atoms with van der Waals surface area (Å²) in [5, 5.41) is 8.50. The maximum atomic E-state index is 12.0. The molecule has 226 valence electrons. The Morgan fingerprint density at radius 2 is 1.70 bits per heavy atom. The molecular weight excluding hydrogens is 570 g/mol. The minimum atomic E-state index is -3.86. The quantitative estimate of drug-likeness (QED) is 0.202. The molecule has 3 unspecified atom stereocenters. The minimum absolute atomic E-state index is 0.0283. The first-order chi connectivity index (χ1) is 20.6. The van der Waals surface area contributed by atoms with Gasteiger partial charge in [-0.15, -0.1) is 4.91 Å². The van der Waals surface area contributed by atoms with Crippen molar-refractivity contribution < 1.29 is 27.0 Å². The van der Waals surface area contributed by atoms with Gasteiger partial charge in [0.1, 0.15) is 5.69 Å². The normalized spacial score (nSPS) is 21.4. The number of nitrogens with zero attached hydrogens (tertiary/aromatic N) is 2. The maximum Gasteiger partial charge on any atom is 0.238 e. The molecule has 5 rings (SSSR count). The van der Waals surface area contributed by atoms with Gasteiger partial charge in [0.15, 0.2) is 11.8 Å². The number of hydrogen-bond acceptors (Lipinski definition) is 9. The van der Waals surface area contributed by atoms with Gasteiger partial charge in [-0.2, -0.15) is 0 Å². The number of nitroso groups, excluding NO2 is 1. The number of methoxy groups -OCH3 is 1. The van der Waals surface area contributed by atoms with Gasteiger partial charge in [0.2, 0.25) is 15.9 Å². The van der Waals surface area contributed by atoms with Crippen molar-refractivity contribution in [2.45, 2.75) is 62.0 Å². The molecule has 11 heteroatoms. The van der Waals surface area contributed by atoms with Crippen LogP contribution in [0.4, 0.5) is 0 Å². The third-order valence-corrected chi connectivity index (χ3v) is 8.56. The third kappa shape index (κ3) is 6.92. The molecule has 1 aliphatic heterocycles. The first kappa shape index (κ1) is 30.7. The highest BCUT2D eigenvalue weighted by molar-refractivity contribution is 7.89. The average Bonchev–Trinajstić information content (AvgIpc) is 3.44. The minimum Gasteiger partial charge on any atom is -0.437 e. The van der Waals surface area contributed by atoms with Crippen LogP contribution < -0.4 is 5.14 Å². The topological polar surface area (TPSA) is 143 Å². The summed E-state index contributed by atoms with van der Waals surface area (Å²) in [6.07, 6.45) is 1.63. The molecule has 0 amide bonds. The van der Waals surface area contributed by atoms with E-state index >= 15 is 0 Å². The van der Waals surface area contributed by atoms with E-state index in [0.29, 0.717) is 17.0 Å². The van der Waals surface area contributed by atoms with Crippen LogP contribution in [0.3, 0.4) is 0 Å². The summed E-state index contributed by atoms with van der Waals surface area (Å²) in [6.45, 7) is 4.30. The van der Waals surface area contributed by atoms with Crippen LogP contribution in [0.15, 0.2) is 93.4 Å². The Kier molecular flexibility index (Phi) is 9.19. The highest BCUT2D eigenvalue weighted by Gasteiger charge is 2.40. The fraction of sp³-hybridized carbons (Fsp3) is 0.344. The molecule has 4 aromatic rings. The van der Waals surface area contributed by atoms with Gasteiger partial charge >= 0.3 is 0 Å². The molecule has 0 aliphatic carbocycles. The van der Waals surface area contributed by atoms with Crippen LogP contribution in [-0.4, -0.2) is 39.3 Å². The van der Waals surface area contributed by atoms with Crippen molar-refractivity contribution in [3.8, 4) is 22.6 Å². The lowest BCUT2D eigenvalue weighted by Gasteiger charge is -2.42. The van der Waals surface area contributed by atoms with Gasteiger partial charge in [-0.3, -0.25) is 0 Å². The molecule has 10 nitrogen and oxygen atoms in total. The number of sulfonamides is 1. The predicted octanol–water partition coefficient (Wildman–Crippen LogP) is 6.11. The largest absolute Gasteiger partial charge is 0.437 e. The van der Waals surface area contributed by atoms with Crippen LogP contribution in [0.2, 0.25) is 0 Å². The lowest BCUT2D eigenvalue weighted by Crippen LogP contribution is -2.42. The second-order valence-corrected chi connectivity index (χ2v) is 12.4. The van der Waals surface area contributed by atoms with E-state index < -0.39 is 21.7 Å². The molecule has 43 heavy (non-hydrogen) atoms. The molecule has 1 saturated heterocycles. The summed E-state index contributed by atoms with van der Waals surface area (Å²) in [7, 11) is -2.13. The van der Waals surface area contributed by atoms with Crippen LogP contribution in [0.25, 0.3) is 22.6 Å². The number of rotatable bonds is 11. The van der Waals surface area contributed by atoms with Crippen LogP contribution in [0.1, 0.15) is 49.7 Å². The molecular formula is C32H35N3O7S. The Hall–Kier alpha value is -3.74. The van der Waals surface area contributed by atoms with Crippen molar-refractivity contribution in [2.75, 3.05) is 13.7 Å². The van der Waals surface area contributed by atoms with E-state index in [1.807, 2.05) is 42.5 Å². The molecule has 0 saturated carbocycles. The number of aromatic nitrogens is 1. The molecule has 2 heterocycles. The van der Waals surface area contributed by atoms with Crippen molar-refractivity contribution in [3.63, 3.8) is 0 Å². The molecule has 0 bridgehead atoms. The second-order valence-electron chi connectivity index (χ2n) is 10.9. The molecule has 2 N–H and O–H groups in total. The highest BCUT2D eigenvalue weighted by atomic mass is 32.2. The van der Waals surface area contributed by atoms with Crippen molar-refractivity contribution in [2.24, 2.45) is 10.3 Å².